The first-order valence-electron chi connectivity index (χ1n) is 6.97. The van der Waals surface area contributed by atoms with Crippen LogP contribution in [0.5, 0.6) is 0 Å². The number of nitrogens with one attached hydrogen (secondary N) is 1. The van der Waals surface area contributed by atoms with Crippen LogP contribution in [0.25, 0.3) is 0 Å². The van der Waals surface area contributed by atoms with E-state index in [-0.39, 0.29) is 0 Å². The molecule has 1 saturated heterocycles. The lowest BCUT2D eigenvalue weighted by atomic mass is 10.2. The van der Waals surface area contributed by atoms with E-state index in [1.165, 1.54) is 25.0 Å². The van der Waals surface area contributed by atoms with Crippen molar-refractivity contribution in [3.63, 3.8) is 0 Å². The molecule has 0 bridgehead atoms. The summed E-state index contributed by atoms with van der Waals surface area (Å²) in [6.45, 7) is 7.11. The topological polar surface area (TPSA) is 37.8 Å². The highest BCUT2D eigenvalue weighted by molar-refractivity contribution is 7.99. The van der Waals surface area contributed by atoms with Crippen LogP contribution in [0.4, 0.5) is 5.82 Å². The van der Waals surface area contributed by atoms with Gasteiger partial charge in [-0.05, 0) is 25.5 Å². The maximum absolute atomic E-state index is 6.19. The van der Waals surface area contributed by atoms with E-state index in [1.807, 2.05) is 6.92 Å². The zero-order valence-electron chi connectivity index (χ0n) is 11.9. The summed E-state index contributed by atoms with van der Waals surface area (Å²) in [4.78, 5) is 8.94. The quantitative estimate of drug-likeness (QED) is 0.843. The maximum atomic E-state index is 6.19. The average molecular weight is 300 g/mol. The minimum Gasteiger partial charge on any atom is -0.369 e. The van der Waals surface area contributed by atoms with Gasteiger partial charge in [0, 0.05) is 23.3 Å². The largest absolute Gasteiger partial charge is 0.369 e. The van der Waals surface area contributed by atoms with Crippen molar-refractivity contribution in [2.75, 3.05) is 17.6 Å². The Morgan fingerprint density at radius 2 is 2.16 bits per heavy atom. The van der Waals surface area contributed by atoms with Gasteiger partial charge in [0.25, 0.3) is 0 Å². The Morgan fingerprint density at radius 3 is 2.79 bits per heavy atom. The fourth-order valence-electron chi connectivity index (χ4n) is 2.11. The first-order valence-corrected chi connectivity index (χ1v) is 8.40. The van der Waals surface area contributed by atoms with E-state index >= 15 is 0 Å². The Kier molecular flexibility index (Phi) is 5.34. The van der Waals surface area contributed by atoms with E-state index in [2.05, 4.69) is 40.9 Å². The Bertz CT molecular complexity index is 431. The molecule has 1 aromatic heterocycles. The van der Waals surface area contributed by atoms with Gasteiger partial charge < -0.3 is 5.32 Å². The van der Waals surface area contributed by atoms with Crippen LogP contribution in [-0.4, -0.2) is 27.5 Å². The molecule has 1 unspecified atom stereocenters. The van der Waals surface area contributed by atoms with Crippen LogP contribution in [0.2, 0.25) is 5.15 Å². The first kappa shape index (κ1) is 14.9. The molecular weight excluding hydrogens is 278 g/mol. The fourth-order valence-corrected chi connectivity index (χ4v) is 3.53. The minimum absolute atomic E-state index is 0.294. The second-order valence-electron chi connectivity index (χ2n) is 5.37. The fraction of sp³-hybridized carbons (Fsp3) is 0.714. The van der Waals surface area contributed by atoms with Crippen LogP contribution in [-0.2, 0) is 0 Å². The molecule has 5 heteroatoms. The summed E-state index contributed by atoms with van der Waals surface area (Å²) in [5.41, 5.74) is 0.951. The number of nitrogens with zero attached hydrogens (tertiary/aromatic N) is 2. The minimum atomic E-state index is 0.294. The van der Waals surface area contributed by atoms with Crippen molar-refractivity contribution in [1.82, 2.24) is 9.97 Å². The van der Waals surface area contributed by atoms with E-state index in [0.29, 0.717) is 16.3 Å². The summed E-state index contributed by atoms with van der Waals surface area (Å²) in [6, 6.07) is 0. The van der Waals surface area contributed by atoms with E-state index in [1.54, 1.807) is 0 Å². The lowest BCUT2D eigenvalue weighted by Crippen LogP contribution is -2.21. The van der Waals surface area contributed by atoms with Crippen LogP contribution in [0.3, 0.4) is 0 Å². The van der Waals surface area contributed by atoms with Gasteiger partial charge in [-0.1, -0.05) is 31.9 Å². The van der Waals surface area contributed by atoms with Crippen LogP contribution < -0.4 is 5.32 Å². The molecule has 0 radical (unpaired) electrons. The second kappa shape index (κ2) is 6.80. The van der Waals surface area contributed by atoms with Gasteiger partial charge in [0.1, 0.15) is 16.8 Å². The van der Waals surface area contributed by atoms with Crippen LogP contribution >= 0.6 is 23.4 Å². The molecule has 1 aliphatic rings. The predicted molar refractivity (Wildman–Crippen MR) is 84.5 cm³/mol. The number of hydrogen-bond acceptors (Lipinski definition) is 4. The molecule has 1 fully saturated rings. The molecule has 2 heterocycles. The number of rotatable bonds is 4. The van der Waals surface area contributed by atoms with Crippen molar-refractivity contribution in [3.05, 3.63) is 16.5 Å². The zero-order chi connectivity index (χ0) is 13.8. The monoisotopic (exact) mass is 299 g/mol. The molecule has 0 aliphatic carbocycles. The molecule has 3 nitrogen and oxygen atoms in total. The Hall–Kier alpha value is -0.480. The predicted octanol–water partition coefficient (Wildman–Crippen LogP) is 4.26. The Labute approximate surface area is 124 Å². The van der Waals surface area contributed by atoms with Gasteiger partial charge in [-0.25, -0.2) is 9.97 Å². The molecule has 2 rings (SSSR count). The normalized spacial score (nSPS) is 19.7. The summed E-state index contributed by atoms with van der Waals surface area (Å²) < 4.78 is 0. The summed E-state index contributed by atoms with van der Waals surface area (Å²) in [5, 5.41) is 4.73. The van der Waals surface area contributed by atoms with Gasteiger partial charge in [-0.15, -0.1) is 0 Å². The first-order chi connectivity index (χ1) is 9.08. The highest BCUT2D eigenvalue weighted by Gasteiger charge is 2.16. The van der Waals surface area contributed by atoms with Crippen molar-refractivity contribution >= 4 is 29.2 Å². The highest BCUT2D eigenvalue weighted by atomic mass is 35.5. The molecule has 19 heavy (non-hydrogen) atoms. The highest BCUT2D eigenvalue weighted by Crippen LogP contribution is 2.27. The molecule has 106 valence electrons. The zero-order valence-corrected chi connectivity index (χ0v) is 13.4. The molecule has 0 aromatic carbocycles. The number of halogens is 1. The number of aromatic nitrogens is 2. The number of thioether (sulfide) groups is 1. The summed E-state index contributed by atoms with van der Waals surface area (Å²) in [6.07, 6.45) is 4.00. The molecule has 1 atom stereocenters. The van der Waals surface area contributed by atoms with Gasteiger partial charge in [-0.2, -0.15) is 11.8 Å². The van der Waals surface area contributed by atoms with Gasteiger partial charge in [-0.3, -0.25) is 0 Å². The van der Waals surface area contributed by atoms with E-state index < -0.39 is 0 Å². The third-order valence-electron chi connectivity index (χ3n) is 3.39. The number of hydrogen-bond donors (Lipinski definition) is 1. The van der Waals surface area contributed by atoms with Crippen molar-refractivity contribution in [1.29, 1.82) is 0 Å². The smallest absolute Gasteiger partial charge is 0.137 e. The van der Waals surface area contributed by atoms with Gasteiger partial charge in [0.2, 0.25) is 0 Å². The summed E-state index contributed by atoms with van der Waals surface area (Å²) in [7, 11) is 0. The van der Waals surface area contributed by atoms with Crippen molar-refractivity contribution in [2.24, 2.45) is 0 Å². The third kappa shape index (κ3) is 3.99. The van der Waals surface area contributed by atoms with Gasteiger partial charge >= 0.3 is 0 Å². The van der Waals surface area contributed by atoms with E-state index in [9.17, 15) is 0 Å². The molecule has 0 amide bonds. The Morgan fingerprint density at radius 1 is 1.37 bits per heavy atom. The molecule has 0 spiro atoms. The summed E-state index contributed by atoms with van der Waals surface area (Å²) in [5.74, 6) is 3.29. The van der Waals surface area contributed by atoms with E-state index in [0.717, 1.165) is 23.8 Å². The van der Waals surface area contributed by atoms with Crippen LogP contribution in [0, 0.1) is 6.92 Å². The van der Waals surface area contributed by atoms with Crippen LogP contribution in [0.1, 0.15) is 50.4 Å². The molecule has 1 aliphatic heterocycles. The standard InChI is InChI=1S/C14H22ClN3S/c1-9(2)13-17-12(15)10(3)14(18-13)16-8-11-6-4-5-7-19-11/h9,11H,4-8H2,1-3H3,(H,16,17,18). The lowest BCUT2D eigenvalue weighted by molar-refractivity contribution is 0.676. The van der Waals surface area contributed by atoms with Crippen molar-refractivity contribution < 1.29 is 0 Å². The van der Waals surface area contributed by atoms with Crippen molar-refractivity contribution in [2.45, 2.75) is 51.2 Å². The number of anilines is 1. The average Bonchev–Trinajstić information content (AvgIpc) is 2.41. The van der Waals surface area contributed by atoms with E-state index in [4.69, 9.17) is 11.6 Å². The molecule has 1 N–H and O–H groups in total. The molecular formula is C14H22ClN3S. The molecule has 1 aromatic rings. The molecule has 0 saturated carbocycles. The third-order valence-corrected chi connectivity index (χ3v) is 5.16. The second-order valence-corrected chi connectivity index (χ2v) is 7.14. The lowest BCUT2D eigenvalue weighted by Gasteiger charge is -2.22. The van der Waals surface area contributed by atoms with Crippen LogP contribution in [0.15, 0.2) is 0 Å². The maximum Gasteiger partial charge on any atom is 0.137 e. The van der Waals surface area contributed by atoms with Crippen molar-refractivity contribution in [3.8, 4) is 0 Å². The Balaban J connectivity index is 2.05. The van der Waals surface area contributed by atoms with Gasteiger partial charge in [0.15, 0.2) is 0 Å². The summed E-state index contributed by atoms with van der Waals surface area (Å²) >= 11 is 8.25. The van der Waals surface area contributed by atoms with Gasteiger partial charge in [0.05, 0.1) is 0 Å². The SMILES string of the molecule is Cc1c(Cl)nc(C(C)C)nc1NCC1CCCCS1.